The third-order valence-corrected chi connectivity index (χ3v) is 4.13. The molecule has 0 fully saturated rings. The zero-order valence-corrected chi connectivity index (χ0v) is 14.4. The zero-order valence-electron chi connectivity index (χ0n) is 12.8. The lowest BCUT2D eigenvalue weighted by molar-refractivity contribution is 0.892. The molecule has 0 aliphatic heterocycles. The Labute approximate surface area is 144 Å². The predicted molar refractivity (Wildman–Crippen MR) is 98.0 cm³/mol. The number of anilines is 3. The minimum Gasteiger partial charge on any atom is -0.355 e. The highest BCUT2D eigenvalue weighted by Crippen LogP contribution is 2.25. The molecule has 5 heteroatoms. The summed E-state index contributed by atoms with van der Waals surface area (Å²) in [5.41, 5.74) is 2.22. The summed E-state index contributed by atoms with van der Waals surface area (Å²) in [5.74, 6) is 1.64. The van der Waals surface area contributed by atoms with Gasteiger partial charge in [-0.15, -0.1) is 0 Å². The van der Waals surface area contributed by atoms with E-state index in [4.69, 9.17) is 0 Å². The Morgan fingerprint density at radius 2 is 1.74 bits per heavy atom. The van der Waals surface area contributed by atoms with Crippen molar-refractivity contribution >= 4 is 33.3 Å². The second kappa shape index (κ2) is 7.24. The van der Waals surface area contributed by atoms with Gasteiger partial charge in [0.2, 0.25) is 0 Å². The van der Waals surface area contributed by atoms with E-state index in [1.807, 2.05) is 55.6 Å². The monoisotopic (exact) mass is 368 g/mol. The maximum Gasteiger partial charge on any atom is 0.135 e. The van der Waals surface area contributed by atoms with E-state index in [1.165, 1.54) is 5.56 Å². The van der Waals surface area contributed by atoms with E-state index in [2.05, 4.69) is 48.2 Å². The molecule has 116 valence electrons. The van der Waals surface area contributed by atoms with Crippen LogP contribution in [0.15, 0.2) is 71.5 Å². The summed E-state index contributed by atoms with van der Waals surface area (Å²) in [6.07, 6.45) is 1.58. The van der Waals surface area contributed by atoms with Gasteiger partial charge >= 0.3 is 0 Å². The van der Waals surface area contributed by atoms with Crippen LogP contribution in [0.4, 0.5) is 17.3 Å². The summed E-state index contributed by atoms with van der Waals surface area (Å²) >= 11 is 3.53. The summed E-state index contributed by atoms with van der Waals surface area (Å²) in [4.78, 5) is 10.8. The third kappa shape index (κ3) is 4.07. The number of hydrogen-bond acceptors (Lipinski definition) is 4. The molecule has 0 aliphatic rings. The summed E-state index contributed by atoms with van der Waals surface area (Å²) in [6.45, 7) is 0.798. The molecular weight excluding hydrogens is 352 g/mol. The van der Waals surface area contributed by atoms with E-state index in [9.17, 15) is 0 Å². The van der Waals surface area contributed by atoms with Crippen LogP contribution in [0.2, 0.25) is 0 Å². The molecule has 0 aliphatic carbocycles. The van der Waals surface area contributed by atoms with Gasteiger partial charge < -0.3 is 10.2 Å². The van der Waals surface area contributed by atoms with E-state index in [-0.39, 0.29) is 0 Å². The molecule has 1 aromatic heterocycles. The van der Waals surface area contributed by atoms with Crippen LogP contribution in [0.25, 0.3) is 0 Å². The van der Waals surface area contributed by atoms with Crippen molar-refractivity contribution in [1.82, 2.24) is 9.97 Å². The lowest BCUT2D eigenvalue weighted by atomic mass is 10.2. The van der Waals surface area contributed by atoms with Gasteiger partial charge in [0.25, 0.3) is 0 Å². The Hall–Kier alpha value is -2.40. The summed E-state index contributed by atoms with van der Waals surface area (Å²) in [6, 6.07) is 20.2. The van der Waals surface area contributed by atoms with Gasteiger partial charge in [-0.05, 0) is 33.6 Å². The number of para-hydroxylation sites is 1. The van der Waals surface area contributed by atoms with Gasteiger partial charge in [-0.1, -0.05) is 42.5 Å². The molecule has 0 unspecified atom stereocenters. The summed E-state index contributed by atoms with van der Waals surface area (Å²) in [5, 5.41) is 3.31. The first-order valence-corrected chi connectivity index (χ1v) is 8.10. The maximum atomic E-state index is 4.36. The molecule has 4 nitrogen and oxygen atoms in total. The lowest BCUT2D eigenvalue weighted by Crippen LogP contribution is -2.17. The average Bonchev–Trinajstić information content (AvgIpc) is 2.58. The van der Waals surface area contributed by atoms with Crippen molar-refractivity contribution in [3.8, 4) is 0 Å². The minimum absolute atomic E-state index is 0.766. The molecule has 0 spiro atoms. The van der Waals surface area contributed by atoms with Gasteiger partial charge in [-0.2, -0.15) is 0 Å². The van der Waals surface area contributed by atoms with Crippen molar-refractivity contribution in [2.24, 2.45) is 0 Å². The molecular formula is C18H17BrN4. The van der Waals surface area contributed by atoms with Gasteiger partial charge in [0.05, 0.1) is 5.69 Å². The number of aromatic nitrogens is 2. The fourth-order valence-corrected chi connectivity index (χ4v) is 2.65. The van der Waals surface area contributed by atoms with Gasteiger partial charge in [0.1, 0.15) is 18.0 Å². The SMILES string of the molecule is CN(Cc1ccccc1)c1cc(Nc2ccccc2Br)ncn1. The van der Waals surface area contributed by atoms with Gasteiger partial charge in [-0.25, -0.2) is 9.97 Å². The molecule has 23 heavy (non-hydrogen) atoms. The zero-order chi connectivity index (χ0) is 16.1. The van der Waals surface area contributed by atoms with Crippen LogP contribution in [0.3, 0.4) is 0 Å². The van der Waals surface area contributed by atoms with Crippen molar-refractivity contribution in [2.75, 3.05) is 17.3 Å². The number of benzene rings is 2. The van der Waals surface area contributed by atoms with E-state index in [0.29, 0.717) is 0 Å². The lowest BCUT2D eigenvalue weighted by Gasteiger charge is -2.19. The largest absolute Gasteiger partial charge is 0.355 e. The fourth-order valence-electron chi connectivity index (χ4n) is 2.26. The van der Waals surface area contributed by atoms with Crippen LogP contribution in [-0.4, -0.2) is 17.0 Å². The molecule has 0 atom stereocenters. The second-order valence-electron chi connectivity index (χ2n) is 5.21. The first-order chi connectivity index (χ1) is 11.2. The van der Waals surface area contributed by atoms with Crippen LogP contribution in [0.1, 0.15) is 5.56 Å². The Bertz CT molecular complexity index is 777. The van der Waals surface area contributed by atoms with E-state index in [0.717, 1.165) is 28.3 Å². The molecule has 0 saturated heterocycles. The predicted octanol–water partition coefficient (Wildman–Crippen LogP) is 4.62. The quantitative estimate of drug-likeness (QED) is 0.713. The smallest absolute Gasteiger partial charge is 0.135 e. The minimum atomic E-state index is 0.766. The highest BCUT2D eigenvalue weighted by molar-refractivity contribution is 9.10. The van der Waals surface area contributed by atoms with Crippen molar-refractivity contribution < 1.29 is 0 Å². The topological polar surface area (TPSA) is 41.0 Å². The Kier molecular flexibility index (Phi) is 4.88. The van der Waals surface area contributed by atoms with Crippen LogP contribution < -0.4 is 10.2 Å². The first-order valence-electron chi connectivity index (χ1n) is 7.31. The number of halogens is 1. The van der Waals surface area contributed by atoms with Crippen molar-refractivity contribution in [2.45, 2.75) is 6.54 Å². The number of nitrogens with one attached hydrogen (secondary N) is 1. The van der Waals surface area contributed by atoms with Crippen LogP contribution >= 0.6 is 15.9 Å². The van der Waals surface area contributed by atoms with E-state index >= 15 is 0 Å². The van der Waals surface area contributed by atoms with Gasteiger partial charge in [0.15, 0.2) is 0 Å². The molecule has 0 bridgehead atoms. The molecule has 0 radical (unpaired) electrons. The summed E-state index contributed by atoms with van der Waals surface area (Å²) in [7, 11) is 2.03. The number of hydrogen-bond donors (Lipinski definition) is 1. The molecule has 1 heterocycles. The van der Waals surface area contributed by atoms with Crippen LogP contribution in [0.5, 0.6) is 0 Å². The van der Waals surface area contributed by atoms with Crippen LogP contribution in [-0.2, 0) is 6.54 Å². The highest BCUT2D eigenvalue weighted by atomic mass is 79.9. The van der Waals surface area contributed by atoms with E-state index < -0.39 is 0 Å². The van der Waals surface area contributed by atoms with Crippen LogP contribution in [0, 0.1) is 0 Å². The number of rotatable bonds is 5. The Morgan fingerprint density at radius 1 is 1.00 bits per heavy atom. The second-order valence-corrected chi connectivity index (χ2v) is 6.06. The normalized spacial score (nSPS) is 10.3. The average molecular weight is 369 g/mol. The Morgan fingerprint density at radius 3 is 2.52 bits per heavy atom. The molecule has 3 rings (SSSR count). The van der Waals surface area contributed by atoms with Crippen molar-refractivity contribution in [3.63, 3.8) is 0 Å². The van der Waals surface area contributed by atoms with E-state index in [1.54, 1.807) is 6.33 Å². The summed E-state index contributed by atoms with van der Waals surface area (Å²) < 4.78 is 0.998. The van der Waals surface area contributed by atoms with Gasteiger partial charge in [-0.3, -0.25) is 0 Å². The van der Waals surface area contributed by atoms with Crippen molar-refractivity contribution in [1.29, 1.82) is 0 Å². The highest BCUT2D eigenvalue weighted by Gasteiger charge is 2.06. The maximum absolute atomic E-state index is 4.36. The number of nitrogens with zero attached hydrogens (tertiary/aromatic N) is 3. The first kappa shape index (κ1) is 15.5. The molecule has 2 aromatic carbocycles. The molecule has 3 aromatic rings. The van der Waals surface area contributed by atoms with Gasteiger partial charge in [0, 0.05) is 24.1 Å². The fraction of sp³-hybridized carbons (Fsp3) is 0.111. The standard InChI is InChI=1S/C18H17BrN4/c1-23(12-14-7-3-2-4-8-14)18-11-17(20-13-21-18)22-16-10-6-5-9-15(16)19/h2-11,13H,12H2,1H3,(H,20,21,22). The third-order valence-electron chi connectivity index (χ3n) is 3.44. The molecule has 0 saturated carbocycles. The molecule has 1 N–H and O–H groups in total. The van der Waals surface area contributed by atoms with Crippen molar-refractivity contribution in [3.05, 3.63) is 77.0 Å². The molecule has 0 amide bonds. The Balaban J connectivity index is 1.76.